The predicted octanol–water partition coefficient (Wildman–Crippen LogP) is 3.43. The van der Waals surface area contributed by atoms with E-state index in [1.165, 1.54) is 0 Å². The minimum absolute atomic E-state index is 0.114. The van der Waals surface area contributed by atoms with Crippen molar-refractivity contribution in [1.82, 2.24) is 0 Å². The zero-order chi connectivity index (χ0) is 15.7. The Bertz CT molecular complexity index is 743. The first kappa shape index (κ1) is 14.6. The first-order valence-electron chi connectivity index (χ1n) is 6.89. The molecule has 0 aromatic heterocycles. The normalized spacial score (nSPS) is 16.1. The summed E-state index contributed by atoms with van der Waals surface area (Å²) in [5, 5.41) is 3.14. The lowest BCUT2D eigenvalue weighted by Crippen LogP contribution is -2.20. The Balaban J connectivity index is 1.81. The largest absolute Gasteiger partial charge is 0.447 e. The second-order valence-corrected chi connectivity index (χ2v) is 5.58. The molecule has 5 heteroatoms. The Morgan fingerprint density at radius 3 is 2.68 bits per heavy atom. The average molecular weight is 316 g/mol. The second-order valence-electron chi connectivity index (χ2n) is 5.17. The Hall–Kier alpha value is -2.33. The monoisotopic (exact) mass is 315 g/mol. The third-order valence-electron chi connectivity index (χ3n) is 3.59. The number of rotatable bonds is 3. The Kier molecular flexibility index (Phi) is 3.86. The zero-order valence-electron chi connectivity index (χ0n) is 11.9. The molecule has 0 spiro atoms. The van der Waals surface area contributed by atoms with Gasteiger partial charge >= 0.3 is 5.97 Å². The molecule has 1 unspecified atom stereocenters. The number of benzene rings is 2. The molecule has 0 fully saturated rings. The van der Waals surface area contributed by atoms with E-state index in [9.17, 15) is 9.59 Å². The molecular weight excluding hydrogens is 302 g/mol. The summed E-state index contributed by atoms with van der Waals surface area (Å²) in [7, 11) is 0. The maximum Gasteiger partial charge on any atom is 0.311 e. The molecule has 1 amide bonds. The average Bonchev–Trinajstić information content (AvgIpc) is 2.82. The Morgan fingerprint density at radius 2 is 1.95 bits per heavy atom. The number of carbonyl (C=O) groups excluding carboxylic acids is 2. The van der Waals surface area contributed by atoms with Crippen LogP contribution >= 0.6 is 11.6 Å². The van der Waals surface area contributed by atoms with Crippen LogP contribution in [0.1, 0.15) is 22.8 Å². The molecule has 2 aromatic carbocycles. The van der Waals surface area contributed by atoms with Crippen molar-refractivity contribution in [2.75, 3.05) is 5.32 Å². The van der Waals surface area contributed by atoms with Crippen molar-refractivity contribution in [1.29, 1.82) is 0 Å². The summed E-state index contributed by atoms with van der Waals surface area (Å²) in [6, 6.07) is 12.8. The second kappa shape index (κ2) is 5.81. The molecule has 1 atom stereocenters. The van der Waals surface area contributed by atoms with Crippen molar-refractivity contribution in [3.05, 3.63) is 64.2 Å². The third-order valence-corrected chi connectivity index (χ3v) is 3.92. The smallest absolute Gasteiger partial charge is 0.311 e. The fraction of sp³-hybridized carbons (Fsp3) is 0.176. The van der Waals surface area contributed by atoms with E-state index in [2.05, 4.69) is 5.32 Å². The number of carbonyl (C=O) groups is 2. The number of halogens is 1. The van der Waals surface area contributed by atoms with E-state index in [1.54, 1.807) is 6.07 Å². The Labute approximate surface area is 133 Å². The van der Waals surface area contributed by atoms with E-state index in [-0.39, 0.29) is 12.3 Å². The topological polar surface area (TPSA) is 55.4 Å². The number of fused-ring (bicyclic) bond motifs is 1. The lowest BCUT2D eigenvalue weighted by Gasteiger charge is -2.12. The van der Waals surface area contributed by atoms with Gasteiger partial charge < -0.3 is 10.1 Å². The molecule has 2 aromatic rings. The van der Waals surface area contributed by atoms with Crippen molar-refractivity contribution < 1.29 is 14.3 Å². The molecule has 0 bridgehead atoms. The van der Waals surface area contributed by atoms with Gasteiger partial charge in [0, 0.05) is 5.56 Å². The number of ether oxygens (including phenoxy) is 1. The van der Waals surface area contributed by atoms with Crippen molar-refractivity contribution in [3.63, 3.8) is 0 Å². The van der Waals surface area contributed by atoms with Gasteiger partial charge in [0.05, 0.1) is 17.1 Å². The van der Waals surface area contributed by atoms with Crippen LogP contribution in [0.2, 0.25) is 5.02 Å². The molecule has 1 aliphatic rings. The van der Waals surface area contributed by atoms with Crippen LogP contribution in [0.25, 0.3) is 0 Å². The summed E-state index contributed by atoms with van der Waals surface area (Å²) in [6.07, 6.45) is -0.873. The standard InChI is InChI=1S/C17H14ClNO3/c1-10-7-8-12(18)14-15(10)19-17(21)16(14)22-13(20)9-11-5-3-2-4-6-11/h2-8,16H,9H2,1H3,(H,19,21). The summed E-state index contributed by atoms with van der Waals surface area (Å²) in [4.78, 5) is 24.2. The highest BCUT2D eigenvalue weighted by Crippen LogP contribution is 2.40. The summed E-state index contributed by atoms with van der Waals surface area (Å²) in [5.74, 6) is -0.829. The molecular formula is C17H14ClNO3. The number of hydrogen-bond acceptors (Lipinski definition) is 3. The van der Waals surface area contributed by atoms with Gasteiger partial charge in [-0.1, -0.05) is 48.0 Å². The highest BCUT2D eigenvalue weighted by Gasteiger charge is 2.36. The van der Waals surface area contributed by atoms with E-state index in [0.29, 0.717) is 16.3 Å². The van der Waals surface area contributed by atoms with E-state index in [0.717, 1.165) is 11.1 Å². The van der Waals surface area contributed by atoms with Gasteiger partial charge in [0.2, 0.25) is 6.10 Å². The van der Waals surface area contributed by atoms with E-state index in [1.807, 2.05) is 43.3 Å². The molecule has 1 heterocycles. The molecule has 1 aliphatic heterocycles. The van der Waals surface area contributed by atoms with Crippen molar-refractivity contribution >= 4 is 29.2 Å². The van der Waals surface area contributed by atoms with Gasteiger partial charge in [-0.15, -0.1) is 0 Å². The summed E-state index contributed by atoms with van der Waals surface area (Å²) >= 11 is 6.16. The first-order chi connectivity index (χ1) is 10.6. The van der Waals surface area contributed by atoms with Gasteiger partial charge in [0.1, 0.15) is 0 Å². The fourth-order valence-electron chi connectivity index (χ4n) is 2.49. The minimum atomic E-state index is -0.987. The van der Waals surface area contributed by atoms with Crippen molar-refractivity contribution in [2.24, 2.45) is 0 Å². The number of nitrogens with one attached hydrogen (secondary N) is 1. The lowest BCUT2D eigenvalue weighted by molar-refractivity contribution is -0.153. The molecule has 22 heavy (non-hydrogen) atoms. The van der Waals surface area contributed by atoms with Gasteiger partial charge in [0.25, 0.3) is 5.91 Å². The molecule has 1 N–H and O–H groups in total. The summed E-state index contributed by atoms with van der Waals surface area (Å²) < 4.78 is 5.35. The molecule has 112 valence electrons. The first-order valence-corrected chi connectivity index (χ1v) is 7.27. The highest BCUT2D eigenvalue weighted by molar-refractivity contribution is 6.32. The molecule has 3 rings (SSSR count). The quantitative estimate of drug-likeness (QED) is 0.883. The number of esters is 1. The number of amides is 1. The van der Waals surface area contributed by atoms with Crippen LogP contribution < -0.4 is 5.32 Å². The lowest BCUT2D eigenvalue weighted by atomic mass is 10.1. The third kappa shape index (κ3) is 2.70. The zero-order valence-corrected chi connectivity index (χ0v) is 12.7. The minimum Gasteiger partial charge on any atom is -0.447 e. The Morgan fingerprint density at radius 1 is 1.23 bits per heavy atom. The fourth-order valence-corrected chi connectivity index (χ4v) is 2.75. The van der Waals surface area contributed by atoms with Crippen LogP contribution in [0.3, 0.4) is 0 Å². The van der Waals surface area contributed by atoms with Crippen LogP contribution in [0, 0.1) is 6.92 Å². The van der Waals surface area contributed by atoms with Crippen LogP contribution in [-0.4, -0.2) is 11.9 Å². The van der Waals surface area contributed by atoms with Crippen molar-refractivity contribution in [2.45, 2.75) is 19.4 Å². The summed E-state index contributed by atoms with van der Waals surface area (Å²) in [6.45, 7) is 1.86. The van der Waals surface area contributed by atoms with Crippen LogP contribution in [-0.2, 0) is 20.7 Å². The highest BCUT2D eigenvalue weighted by atomic mass is 35.5. The van der Waals surface area contributed by atoms with E-state index in [4.69, 9.17) is 16.3 Å². The van der Waals surface area contributed by atoms with Crippen LogP contribution in [0.15, 0.2) is 42.5 Å². The van der Waals surface area contributed by atoms with Gasteiger partial charge in [0.15, 0.2) is 0 Å². The number of aryl methyl sites for hydroxylation is 1. The molecule has 0 aliphatic carbocycles. The SMILES string of the molecule is Cc1ccc(Cl)c2c1NC(=O)C2OC(=O)Cc1ccccc1. The van der Waals surface area contributed by atoms with Gasteiger partial charge in [-0.3, -0.25) is 9.59 Å². The predicted molar refractivity (Wildman–Crippen MR) is 83.8 cm³/mol. The van der Waals surface area contributed by atoms with Gasteiger partial charge in [-0.05, 0) is 24.1 Å². The molecule has 0 saturated carbocycles. The van der Waals surface area contributed by atoms with Crippen molar-refractivity contribution in [3.8, 4) is 0 Å². The number of hydrogen-bond donors (Lipinski definition) is 1. The molecule has 0 radical (unpaired) electrons. The maximum absolute atomic E-state index is 12.1. The van der Waals surface area contributed by atoms with E-state index >= 15 is 0 Å². The maximum atomic E-state index is 12.1. The van der Waals surface area contributed by atoms with Gasteiger partial charge in [-0.25, -0.2) is 0 Å². The van der Waals surface area contributed by atoms with Crippen LogP contribution in [0.4, 0.5) is 5.69 Å². The van der Waals surface area contributed by atoms with Crippen LogP contribution in [0.5, 0.6) is 0 Å². The summed E-state index contributed by atoms with van der Waals surface area (Å²) in [5.41, 5.74) is 2.89. The molecule has 0 saturated heterocycles. The van der Waals surface area contributed by atoms with Gasteiger partial charge in [-0.2, -0.15) is 0 Å². The molecule has 4 nitrogen and oxygen atoms in total. The number of anilines is 1. The van der Waals surface area contributed by atoms with E-state index < -0.39 is 12.1 Å².